The van der Waals surface area contributed by atoms with Crippen molar-refractivity contribution >= 4 is 33.5 Å². The highest BCUT2D eigenvalue weighted by molar-refractivity contribution is 9.10. The van der Waals surface area contributed by atoms with Gasteiger partial charge in [0.1, 0.15) is 0 Å². The predicted molar refractivity (Wildman–Crippen MR) is 111 cm³/mol. The van der Waals surface area contributed by atoms with Crippen molar-refractivity contribution in [2.75, 3.05) is 11.5 Å². The number of esters is 1. The van der Waals surface area contributed by atoms with Crippen molar-refractivity contribution in [3.05, 3.63) is 94.2 Å². The Morgan fingerprint density at radius 3 is 2.32 bits per heavy atom. The van der Waals surface area contributed by atoms with E-state index < -0.39 is 0 Å². The third kappa shape index (κ3) is 4.64. The maximum atomic E-state index is 13.3. The highest BCUT2D eigenvalue weighted by Gasteiger charge is 2.20. The van der Waals surface area contributed by atoms with Crippen LogP contribution in [0.15, 0.2) is 77.5 Å². The van der Waals surface area contributed by atoms with E-state index in [9.17, 15) is 9.59 Å². The van der Waals surface area contributed by atoms with Gasteiger partial charge in [0.2, 0.25) is 0 Å². The van der Waals surface area contributed by atoms with Gasteiger partial charge in [0.05, 0.1) is 24.3 Å². The van der Waals surface area contributed by atoms with Crippen molar-refractivity contribution in [2.24, 2.45) is 0 Å². The van der Waals surface area contributed by atoms with Crippen molar-refractivity contribution < 1.29 is 14.3 Å². The molecular weight excluding hydrogens is 420 g/mol. The van der Waals surface area contributed by atoms with E-state index in [4.69, 9.17) is 4.74 Å². The van der Waals surface area contributed by atoms with Crippen LogP contribution in [-0.4, -0.2) is 23.5 Å². The Morgan fingerprint density at radius 2 is 1.68 bits per heavy atom. The molecule has 1 aromatic heterocycles. The summed E-state index contributed by atoms with van der Waals surface area (Å²) in [5, 5.41) is 0. The molecule has 1 heterocycles. The number of ether oxygens (including phenoxy) is 1. The molecule has 28 heavy (non-hydrogen) atoms. The molecule has 0 spiro atoms. The standard InChI is InChI=1S/C22H19BrN2O3/c1-2-28-22(27)17-7-9-18(10-8-17)25(15-16-11-13-24-14-12-16)21(26)19-5-3-4-6-20(19)23/h3-14H,2,15H2,1H3. The summed E-state index contributed by atoms with van der Waals surface area (Å²) in [6, 6.07) is 17.9. The van der Waals surface area contributed by atoms with E-state index in [1.807, 2.05) is 30.3 Å². The van der Waals surface area contributed by atoms with Crippen LogP contribution in [0.5, 0.6) is 0 Å². The van der Waals surface area contributed by atoms with Gasteiger partial charge in [0.15, 0.2) is 0 Å². The topological polar surface area (TPSA) is 59.5 Å². The minimum Gasteiger partial charge on any atom is -0.462 e. The van der Waals surface area contributed by atoms with Gasteiger partial charge in [-0.05, 0) is 76.9 Å². The smallest absolute Gasteiger partial charge is 0.338 e. The number of halogens is 1. The maximum Gasteiger partial charge on any atom is 0.338 e. The molecule has 2 aromatic carbocycles. The first-order chi connectivity index (χ1) is 13.6. The van der Waals surface area contributed by atoms with E-state index in [-0.39, 0.29) is 11.9 Å². The number of hydrogen-bond donors (Lipinski definition) is 0. The van der Waals surface area contributed by atoms with Crippen molar-refractivity contribution in [3.8, 4) is 0 Å². The monoisotopic (exact) mass is 438 g/mol. The average Bonchev–Trinajstić information content (AvgIpc) is 2.73. The number of carbonyl (C=O) groups excluding carboxylic acids is 2. The number of benzene rings is 2. The fraction of sp³-hybridized carbons (Fsp3) is 0.136. The van der Waals surface area contributed by atoms with Gasteiger partial charge in [-0.1, -0.05) is 12.1 Å². The maximum absolute atomic E-state index is 13.3. The Morgan fingerprint density at radius 1 is 1.00 bits per heavy atom. The zero-order chi connectivity index (χ0) is 19.9. The summed E-state index contributed by atoms with van der Waals surface area (Å²) in [6.45, 7) is 2.45. The Kier molecular flexibility index (Phi) is 6.55. The first-order valence-corrected chi connectivity index (χ1v) is 9.62. The van der Waals surface area contributed by atoms with Crippen LogP contribution in [0.25, 0.3) is 0 Å². The lowest BCUT2D eigenvalue weighted by molar-refractivity contribution is 0.0526. The van der Waals surface area contributed by atoms with Gasteiger partial charge >= 0.3 is 5.97 Å². The molecule has 0 aliphatic carbocycles. The van der Waals surface area contributed by atoms with E-state index in [0.29, 0.717) is 30.0 Å². The number of aromatic nitrogens is 1. The highest BCUT2D eigenvalue weighted by Crippen LogP contribution is 2.24. The molecule has 3 rings (SSSR count). The van der Waals surface area contributed by atoms with Gasteiger partial charge in [-0.2, -0.15) is 0 Å². The second-order valence-corrected chi connectivity index (χ2v) is 6.85. The lowest BCUT2D eigenvalue weighted by atomic mass is 10.1. The molecule has 0 saturated heterocycles. The van der Waals surface area contributed by atoms with Crippen LogP contribution >= 0.6 is 15.9 Å². The van der Waals surface area contributed by atoms with Crippen molar-refractivity contribution in [2.45, 2.75) is 13.5 Å². The number of pyridine rings is 1. The molecule has 0 atom stereocenters. The minimum atomic E-state index is -0.383. The zero-order valence-corrected chi connectivity index (χ0v) is 16.9. The minimum absolute atomic E-state index is 0.145. The molecule has 0 fully saturated rings. The molecule has 0 radical (unpaired) electrons. The predicted octanol–water partition coefficient (Wildman–Crippen LogP) is 4.87. The summed E-state index contributed by atoms with van der Waals surface area (Å²) in [6.07, 6.45) is 3.39. The Bertz CT molecular complexity index is 959. The average molecular weight is 439 g/mol. The molecular formula is C22H19BrN2O3. The van der Waals surface area contributed by atoms with E-state index in [2.05, 4.69) is 20.9 Å². The summed E-state index contributed by atoms with van der Waals surface area (Å²) >= 11 is 3.45. The molecule has 0 unspecified atom stereocenters. The Balaban J connectivity index is 1.95. The largest absolute Gasteiger partial charge is 0.462 e. The summed E-state index contributed by atoms with van der Waals surface area (Å²) < 4.78 is 5.75. The molecule has 6 heteroatoms. The molecule has 0 bridgehead atoms. The van der Waals surface area contributed by atoms with Crippen molar-refractivity contribution in [3.63, 3.8) is 0 Å². The van der Waals surface area contributed by atoms with E-state index in [1.165, 1.54) is 0 Å². The fourth-order valence-corrected chi connectivity index (χ4v) is 3.18. The molecule has 5 nitrogen and oxygen atoms in total. The molecule has 0 aliphatic heterocycles. The molecule has 0 N–H and O–H groups in total. The van der Waals surface area contributed by atoms with Gasteiger partial charge in [0, 0.05) is 22.6 Å². The van der Waals surface area contributed by atoms with Crippen LogP contribution in [0, 0.1) is 0 Å². The quantitative estimate of drug-likeness (QED) is 0.515. The van der Waals surface area contributed by atoms with Gasteiger partial charge in [0.25, 0.3) is 5.91 Å². The number of amides is 1. The molecule has 0 saturated carbocycles. The number of anilines is 1. The van der Waals surface area contributed by atoms with E-state index in [1.54, 1.807) is 54.5 Å². The Labute approximate surface area is 172 Å². The van der Waals surface area contributed by atoms with Crippen LogP contribution < -0.4 is 4.90 Å². The van der Waals surface area contributed by atoms with Crippen LogP contribution in [0.2, 0.25) is 0 Å². The van der Waals surface area contributed by atoms with Crippen LogP contribution in [-0.2, 0) is 11.3 Å². The molecule has 0 aliphatic rings. The normalized spacial score (nSPS) is 10.4. The highest BCUT2D eigenvalue weighted by atomic mass is 79.9. The van der Waals surface area contributed by atoms with Crippen molar-refractivity contribution in [1.82, 2.24) is 4.98 Å². The first kappa shape index (κ1) is 19.8. The summed E-state index contributed by atoms with van der Waals surface area (Å²) in [4.78, 5) is 30.9. The zero-order valence-electron chi connectivity index (χ0n) is 15.3. The number of carbonyl (C=O) groups is 2. The summed E-state index contributed by atoms with van der Waals surface area (Å²) in [5.41, 5.74) is 2.64. The van der Waals surface area contributed by atoms with E-state index in [0.717, 1.165) is 10.0 Å². The van der Waals surface area contributed by atoms with Gasteiger partial charge in [-0.25, -0.2) is 4.79 Å². The summed E-state index contributed by atoms with van der Waals surface area (Å²) in [7, 11) is 0. The SMILES string of the molecule is CCOC(=O)c1ccc(N(Cc2ccncc2)C(=O)c2ccccc2Br)cc1. The van der Waals surface area contributed by atoms with Gasteiger partial charge in [-0.15, -0.1) is 0 Å². The lowest BCUT2D eigenvalue weighted by Crippen LogP contribution is -2.30. The van der Waals surface area contributed by atoms with Crippen molar-refractivity contribution in [1.29, 1.82) is 0 Å². The van der Waals surface area contributed by atoms with E-state index >= 15 is 0 Å². The lowest BCUT2D eigenvalue weighted by Gasteiger charge is -2.24. The Hall–Kier alpha value is -2.99. The first-order valence-electron chi connectivity index (χ1n) is 8.82. The van der Waals surface area contributed by atoms with Crippen LogP contribution in [0.4, 0.5) is 5.69 Å². The number of hydrogen-bond acceptors (Lipinski definition) is 4. The third-order valence-electron chi connectivity index (χ3n) is 4.13. The molecule has 3 aromatic rings. The second kappa shape index (κ2) is 9.28. The number of nitrogens with zero attached hydrogens (tertiary/aromatic N) is 2. The van der Waals surface area contributed by atoms with Gasteiger partial charge in [-0.3, -0.25) is 9.78 Å². The fourth-order valence-electron chi connectivity index (χ4n) is 2.72. The number of rotatable bonds is 6. The summed E-state index contributed by atoms with van der Waals surface area (Å²) in [5.74, 6) is -0.528. The molecule has 1 amide bonds. The van der Waals surface area contributed by atoms with Gasteiger partial charge < -0.3 is 9.64 Å². The van der Waals surface area contributed by atoms with Crippen LogP contribution in [0.1, 0.15) is 33.2 Å². The van der Waals surface area contributed by atoms with Crippen LogP contribution in [0.3, 0.4) is 0 Å². The molecule has 142 valence electrons. The third-order valence-corrected chi connectivity index (χ3v) is 4.82. The second-order valence-electron chi connectivity index (χ2n) is 5.99.